The smallest absolute Gasteiger partial charge is 0.341 e. The number of thioether (sulfide) groups is 1. The third kappa shape index (κ3) is 6.10. The Kier molecular flexibility index (Phi) is 8.62. The second-order valence-corrected chi connectivity index (χ2v) is 12.8. The number of sulfonamides is 1. The summed E-state index contributed by atoms with van der Waals surface area (Å²) >= 11 is 2.72. The number of nitrogens with zero attached hydrogens (tertiary/aromatic N) is 1. The summed E-state index contributed by atoms with van der Waals surface area (Å²) in [6.07, 6.45) is 0.671. The molecule has 2 aromatic carbocycles. The lowest BCUT2D eigenvalue weighted by Gasteiger charge is -2.24. The van der Waals surface area contributed by atoms with Crippen LogP contribution in [0.5, 0.6) is 5.75 Å². The summed E-state index contributed by atoms with van der Waals surface area (Å²) < 4.78 is 48.7. The molecule has 1 aromatic heterocycles. The minimum absolute atomic E-state index is 0.0429. The predicted octanol–water partition coefficient (Wildman–Crippen LogP) is 5.70. The van der Waals surface area contributed by atoms with Gasteiger partial charge < -0.3 is 9.84 Å². The Bertz CT molecular complexity index is 1290. The summed E-state index contributed by atoms with van der Waals surface area (Å²) in [7, 11) is -3.75. The van der Waals surface area contributed by atoms with Crippen molar-refractivity contribution in [3.8, 4) is 5.75 Å². The van der Waals surface area contributed by atoms with Crippen molar-refractivity contribution < 1.29 is 27.4 Å². The van der Waals surface area contributed by atoms with Crippen LogP contribution in [0.25, 0.3) is 10.1 Å². The summed E-state index contributed by atoms with van der Waals surface area (Å²) in [5, 5.41) is 9.37. The van der Waals surface area contributed by atoms with E-state index in [0.29, 0.717) is 36.2 Å². The van der Waals surface area contributed by atoms with Gasteiger partial charge in [0.05, 0.1) is 0 Å². The van der Waals surface area contributed by atoms with Gasteiger partial charge in [-0.15, -0.1) is 23.1 Å². The zero-order valence-corrected chi connectivity index (χ0v) is 21.9. The topological polar surface area (TPSA) is 83.9 Å². The summed E-state index contributed by atoms with van der Waals surface area (Å²) in [6, 6.07) is 9.83. The first-order valence-corrected chi connectivity index (χ1v) is 14.0. The minimum Gasteiger partial charge on any atom is -0.482 e. The van der Waals surface area contributed by atoms with Gasteiger partial charge in [-0.05, 0) is 73.2 Å². The summed E-state index contributed by atoms with van der Waals surface area (Å²) in [6.45, 7) is 7.77. The maximum absolute atomic E-state index is 13.7. The normalized spacial score (nSPS) is 12.9. The molecule has 1 atom stereocenters. The van der Waals surface area contributed by atoms with E-state index in [2.05, 4.69) is 0 Å². The van der Waals surface area contributed by atoms with Crippen molar-refractivity contribution >= 4 is 49.2 Å². The Balaban J connectivity index is 1.78. The van der Waals surface area contributed by atoms with E-state index < -0.39 is 22.6 Å². The molecule has 10 heteroatoms. The molecule has 34 heavy (non-hydrogen) atoms. The number of carboxylic acids is 1. The number of aliphatic carboxylic acids is 1. The van der Waals surface area contributed by atoms with E-state index in [9.17, 15) is 17.6 Å². The molecule has 0 aliphatic carbocycles. The average molecular weight is 526 g/mol. The molecule has 3 rings (SSSR count). The van der Waals surface area contributed by atoms with Gasteiger partial charge in [-0.25, -0.2) is 17.6 Å². The van der Waals surface area contributed by atoms with Gasteiger partial charge in [0, 0.05) is 27.9 Å². The highest BCUT2D eigenvalue weighted by atomic mass is 32.2. The number of aryl methyl sites for hydroxylation is 2. The van der Waals surface area contributed by atoms with Crippen LogP contribution in [0.15, 0.2) is 45.5 Å². The van der Waals surface area contributed by atoms with Gasteiger partial charge in [-0.1, -0.05) is 13.8 Å². The minimum atomic E-state index is -3.75. The number of ether oxygens (including phenoxy) is 1. The number of rotatable bonds is 11. The lowest BCUT2D eigenvalue weighted by molar-refractivity contribution is -0.139. The first kappa shape index (κ1) is 26.5. The van der Waals surface area contributed by atoms with Crippen LogP contribution >= 0.6 is 23.1 Å². The summed E-state index contributed by atoms with van der Waals surface area (Å²) in [5.41, 5.74) is 1.39. The molecule has 0 spiro atoms. The van der Waals surface area contributed by atoms with Gasteiger partial charge in [0.1, 0.15) is 15.8 Å². The quantitative estimate of drug-likeness (QED) is 0.323. The second-order valence-electron chi connectivity index (χ2n) is 8.06. The Morgan fingerprint density at radius 2 is 1.97 bits per heavy atom. The highest BCUT2D eigenvalue weighted by molar-refractivity contribution is 8.00. The van der Waals surface area contributed by atoms with Crippen molar-refractivity contribution in [3.63, 3.8) is 0 Å². The van der Waals surface area contributed by atoms with E-state index in [4.69, 9.17) is 9.84 Å². The Morgan fingerprint density at radius 3 is 2.62 bits per heavy atom. The average Bonchev–Trinajstić information content (AvgIpc) is 3.09. The van der Waals surface area contributed by atoms with Crippen molar-refractivity contribution in [2.45, 2.75) is 48.5 Å². The van der Waals surface area contributed by atoms with Crippen molar-refractivity contribution in [2.24, 2.45) is 0 Å². The SMILES string of the molecule is CCCN(CC(C)Sc1ccc(OCC(=O)O)c(C)c1)S(=O)(=O)c1sc2ccc(F)cc2c1C. The number of thiophene rings is 1. The van der Waals surface area contributed by atoms with Crippen molar-refractivity contribution in [3.05, 3.63) is 53.3 Å². The van der Waals surface area contributed by atoms with Crippen LogP contribution in [0.1, 0.15) is 31.4 Å². The maximum Gasteiger partial charge on any atom is 0.341 e. The molecule has 1 N–H and O–H groups in total. The molecule has 3 aromatic rings. The first-order chi connectivity index (χ1) is 16.0. The van der Waals surface area contributed by atoms with Gasteiger partial charge in [-0.2, -0.15) is 4.31 Å². The van der Waals surface area contributed by atoms with Crippen LogP contribution in [-0.2, 0) is 14.8 Å². The van der Waals surface area contributed by atoms with Crippen LogP contribution in [0, 0.1) is 19.7 Å². The first-order valence-electron chi connectivity index (χ1n) is 10.8. The number of hydrogen-bond acceptors (Lipinski definition) is 6. The molecular weight excluding hydrogens is 497 g/mol. The van der Waals surface area contributed by atoms with Crippen molar-refractivity contribution in [2.75, 3.05) is 19.7 Å². The molecular formula is C24H28FNO5S3. The van der Waals surface area contributed by atoms with Crippen molar-refractivity contribution in [1.29, 1.82) is 0 Å². The molecule has 0 fully saturated rings. The second kappa shape index (κ2) is 11.1. The molecule has 0 aliphatic heterocycles. The molecule has 0 saturated carbocycles. The maximum atomic E-state index is 13.7. The van der Waals surface area contributed by atoms with Crippen LogP contribution in [0.2, 0.25) is 0 Å². The van der Waals surface area contributed by atoms with E-state index in [0.717, 1.165) is 15.2 Å². The number of benzene rings is 2. The zero-order chi connectivity index (χ0) is 25.0. The third-order valence-electron chi connectivity index (χ3n) is 5.20. The lowest BCUT2D eigenvalue weighted by atomic mass is 10.2. The van der Waals surface area contributed by atoms with E-state index in [-0.39, 0.29) is 15.3 Å². The van der Waals surface area contributed by atoms with Crippen LogP contribution in [0.3, 0.4) is 0 Å². The van der Waals surface area contributed by atoms with Gasteiger partial charge in [0.15, 0.2) is 6.61 Å². The molecule has 0 aliphatic rings. The van der Waals surface area contributed by atoms with Crippen molar-refractivity contribution in [1.82, 2.24) is 4.31 Å². The van der Waals surface area contributed by atoms with Crippen LogP contribution in [-0.4, -0.2) is 48.7 Å². The van der Waals surface area contributed by atoms with Crippen LogP contribution in [0.4, 0.5) is 4.39 Å². The fourth-order valence-corrected chi connectivity index (χ4v) is 8.35. The molecule has 184 valence electrons. The van der Waals surface area contributed by atoms with E-state index >= 15 is 0 Å². The summed E-state index contributed by atoms with van der Waals surface area (Å²) in [5.74, 6) is -0.920. The van der Waals surface area contributed by atoms with Gasteiger partial charge >= 0.3 is 5.97 Å². The fraction of sp³-hybridized carbons (Fsp3) is 0.375. The third-order valence-corrected chi connectivity index (χ3v) is 10.0. The van der Waals surface area contributed by atoms with Gasteiger partial charge in [-0.3, -0.25) is 0 Å². The Morgan fingerprint density at radius 1 is 1.24 bits per heavy atom. The molecule has 0 amide bonds. The number of carboxylic acid groups (broad SMARTS) is 1. The highest BCUT2D eigenvalue weighted by Gasteiger charge is 2.30. The number of carbonyl (C=O) groups is 1. The Labute approximate surface area is 207 Å². The molecule has 0 saturated heterocycles. The predicted molar refractivity (Wildman–Crippen MR) is 135 cm³/mol. The van der Waals surface area contributed by atoms with Gasteiger partial charge in [0.25, 0.3) is 10.0 Å². The summed E-state index contributed by atoms with van der Waals surface area (Å²) in [4.78, 5) is 11.7. The van der Waals surface area contributed by atoms with Crippen LogP contribution < -0.4 is 4.74 Å². The number of halogens is 1. The monoisotopic (exact) mass is 525 g/mol. The molecule has 0 bridgehead atoms. The number of fused-ring (bicyclic) bond motifs is 1. The van der Waals surface area contributed by atoms with E-state index in [1.165, 1.54) is 27.8 Å². The molecule has 1 unspecified atom stereocenters. The molecule has 0 radical (unpaired) electrons. The molecule has 1 heterocycles. The highest BCUT2D eigenvalue weighted by Crippen LogP contribution is 2.37. The standard InChI is InChI=1S/C24H28FNO5S3/c1-5-10-26(34(29,30)24-17(4)20-12-18(25)6-9-22(20)33-24)13-16(3)32-19-7-8-21(15(2)11-19)31-14-23(27)28/h6-9,11-12,16H,5,10,13-14H2,1-4H3,(H,27,28). The number of hydrogen-bond donors (Lipinski definition) is 1. The zero-order valence-electron chi connectivity index (χ0n) is 19.5. The molecule has 6 nitrogen and oxygen atoms in total. The lowest BCUT2D eigenvalue weighted by Crippen LogP contribution is -2.36. The Hall–Kier alpha value is -2.14. The van der Waals surface area contributed by atoms with E-state index in [1.807, 2.05) is 32.9 Å². The van der Waals surface area contributed by atoms with Gasteiger partial charge in [0.2, 0.25) is 0 Å². The fourth-order valence-electron chi connectivity index (χ4n) is 3.65. The largest absolute Gasteiger partial charge is 0.482 e. The van der Waals surface area contributed by atoms with E-state index in [1.54, 1.807) is 30.8 Å².